The predicted octanol–water partition coefficient (Wildman–Crippen LogP) is 5.04. The Hall–Kier alpha value is -4.63. The van der Waals surface area contributed by atoms with Gasteiger partial charge in [0.05, 0.1) is 16.8 Å². The van der Waals surface area contributed by atoms with Crippen molar-refractivity contribution in [2.75, 3.05) is 6.61 Å². The van der Waals surface area contributed by atoms with Crippen LogP contribution in [0.25, 0.3) is 39.4 Å². The third-order valence-corrected chi connectivity index (χ3v) is 7.22. The van der Waals surface area contributed by atoms with Crippen molar-refractivity contribution in [3.05, 3.63) is 106 Å². The molecule has 0 aliphatic rings. The van der Waals surface area contributed by atoms with Crippen molar-refractivity contribution in [2.24, 2.45) is 5.92 Å². The summed E-state index contributed by atoms with van der Waals surface area (Å²) in [6, 6.07) is 21.5. The van der Waals surface area contributed by atoms with Gasteiger partial charge in [-0.25, -0.2) is 4.68 Å². The number of para-hydroxylation sites is 1. The molecule has 6 aromatic rings. The van der Waals surface area contributed by atoms with Gasteiger partial charge in [-0.05, 0) is 66.9 Å². The predicted molar refractivity (Wildman–Crippen MR) is 153 cm³/mol. The third kappa shape index (κ3) is 5.21. The second-order valence-corrected chi connectivity index (χ2v) is 10.6. The molecule has 0 saturated heterocycles. The fraction of sp³-hybridized carbons (Fsp3) is 0.167. The van der Waals surface area contributed by atoms with E-state index < -0.39 is 0 Å². The topological polar surface area (TPSA) is 87.2 Å². The second kappa shape index (κ2) is 10.6. The lowest BCUT2D eigenvalue weighted by atomic mass is 10.1. The van der Waals surface area contributed by atoms with E-state index in [1.54, 1.807) is 12.4 Å². The first kappa shape index (κ1) is 24.7. The van der Waals surface area contributed by atoms with Gasteiger partial charge in [0, 0.05) is 35.3 Å². The van der Waals surface area contributed by atoms with Crippen molar-refractivity contribution >= 4 is 22.4 Å². The average Bonchev–Trinajstić information content (AvgIpc) is 3.65. The molecule has 0 aliphatic heterocycles. The number of nitrogens with zero attached hydrogens (tertiary/aromatic N) is 6. The van der Waals surface area contributed by atoms with Gasteiger partial charge >= 0.3 is 0 Å². The number of benzene rings is 2. The largest absolute Gasteiger partial charge is 0.494 e. The van der Waals surface area contributed by atoms with E-state index in [-0.39, 0.29) is 5.56 Å². The molecule has 0 fully saturated rings. The van der Waals surface area contributed by atoms with E-state index in [0.717, 1.165) is 40.2 Å². The lowest BCUT2D eigenvalue weighted by molar-refractivity contribution is 0.289. The fourth-order valence-electron chi connectivity index (χ4n) is 4.15. The molecule has 4 aromatic heterocycles. The standard InChI is InChI=1S/C30H26N6O2S/c1-20(2)14-17-38-25-10-8-21(9-11-25)27-23(19-35(33-27)24-6-4-3-5-7-24)18-26-29(37)36-30(39-26)32-28(34-36)22-12-15-31-16-13-22/h3-13,15-16,18-20H,14,17H2,1-2H3/b26-18+. The molecule has 8 nitrogen and oxygen atoms in total. The molecule has 0 bridgehead atoms. The van der Waals surface area contributed by atoms with E-state index in [2.05, 4.69) is 28.9 Å². The summed E-state index contributed by atoms with van der Waals surface area (Å²) < 4.78 is 9.62. The maximum Gasteiger partial charge on any atom is 0.291 e. The fourth-order valence-corrected chi connectivity index (χ4v) is 5.05. The van der Waals surface area contributed by atoms with Crippen LogP contribution in [0.2, 0.25) is 0 Å². The maximum absolute atomic E-state index is 13.3. The van der Waals surface area contributed by atoms with Gasteiger partial charge in [-0.1, -0.05) is 43.4 Å². The van der Waals surface area contributed by atoms with Gasteiger partial charge in [0.2, 0.25) is 4.96 Å². The summed E-state index contributed by atoms with van der Waals surface area (Å²) >= 11 is 1.31. The maximum atomic E-state index is 13.3. The summed E-state index contributed by atoms with van der Waals surface area (Å²) in [4.78, 5) is 22.4. The molecule has 0 aliphatic carbocycles. The minimum absolute atomic E-state index is 0.213. The molecule has 39 heavy (non-hydrogen) atoms. The zero-order valence-corrected chi connectivity index (χ0v) is 22.4. The van der Waals surface area contributed by atoms with E-state index in [4.69, 9.17) is 9.84 Å². The number of rotatable bonds is 8. The number of ether oxygens (including phenoxy) is 1. The molecular formula is C30H26N6O2S. The van der Waals surface area contributed by atoms with Gasteiger partial charge in [0.15, 0.2) is 5.82 Å². The van der Waals surface area contributed by atoms with Gasteiger partial charge in [-0.3, -0.25) is 9.78 Å². The van der Waals surface area contributed by atoms with Crippen molar-refractivity contribution in [3.63, 3.8) is 0 Å². The van der Waals surface area contributed by atoms with Gasteiger partial charge in [-0.15, -0.1) is 5.10 Å². The molecule has 6 rings (SSSR count). The molecular weight excluding hydrogens is 508 g/mol. The molecule has 2 aromatic carbocycles. The number of aromatic nitrogens is 6. The molecule has 0 unspecified atom stereocenters. The number of pyridine rings is 1. The van der Waals surface area contributed by atoms with Crippen molar-refractivity contribution in [3.8, 4) is 34.1 Å². The number of fused-ring (bicyclic) bond motifs is 1. The molecule has 0 atom stereocenters. The summed E-state index contributed by atoms with van der Waals surface area (Å²) in [5, 5.41) is 9.33. The van der Waals surface area contributed by atoms with E-state index in [1.165, 1.54) is 15.9 Å². The Labute approximate surface area is 228 Å². The molecule has 194 valence electrons. The second-order valence-electron chi connectivity index (χ2n) is 9.55. The quantitative estimate of drug-likeness (QED) is 0.272. The zero-order valence-electron chi connectivity index (χ0n) is 21.6. The summed E-state index contributed by atoms with van der Waals surface area (Å²) in [6.45, 7) is 5.05. The zero-order chi connectivity index (χ0) is 26.8. The van der Waals surface area contributed by atoms with Crippen LogP contribution in [0.3, 0.4) is 0 Å². The first-order valence-electron chi connectivity index (χ1n) is 12.8. The van der Waals surface area contributed by atoms with Crippen molar-refractivity contribution < 1.29 is 4.74 Å². The van der Waals surface area contributed by atoms with E-state index in [1.807, 2.05) is 83.7 Å². The van der Waals surface area contributed by atoms with Gasteiger partial charge in [-0.2, -0.15) is 14.6 Å². The van der Waals surface area contributed by atoms with Crippen LogP contribution in [-0.4, -0.2) is 36.0 Å². The number of hydrogen-bond donors (Lipinski definition) is 0. The van der Waals surface area contributed by atoms with Crippen molar-refractivity contribution in [1.82, 2.24) is 29.4 Å². The van der Waals surface area contributed by atoms with Crippen molar-refractivity contribution in [1.29, 1.82) is 0 Å². The minimum Gasteiger partial charge on any atom is -0.494 e. The van der Waals surface area contributed by atoms with Gasteiger partial charge in [0.1, 0.15) is 11.4 Å². The molecule has 0 radical (unpaired) electrons. The Bertz CT molecular complexity index is 1820. The molecule has 0 spiro atoms. The molecule has 9 heteroatoms. The smallest absolute Gasteiger partial charge is 0.291 e. The van der Waals surface area contributed by atoms with Crippen LogP contribution in [0, 0.1) is 5.92 Å². The van der Waals surface area contributed by atoms with E-state index in [0.29, 0.717) is 27.8 Å². The number of hydrogen-bond acceptors (Lipinski definition) is 7. The van der Waals surface area contributed by atoms with Crippen LogP contribution in [0.1, 0.15) is 25.8 Å². The Morgan fingerprint density at radius 1 is 0.949 bits per heavy atom. The van der Waals surface area contributed by atoms with Crippen LogP contribution in [-0.2, 0) is 0 Å². The van der Waals surface area contributed by atoms with Crippen LogP contribution < -0.4 is 14.8 Å². The highest BCUT2D eigenvalue weighted by atomic mass is 32.1. The summed E-state index contributed by atoms with van der Waals surface area (Å²) in [5.41, 5.74) is 4.05. The van der Waals surface area contributed by atoms with Crippen molar-refractivity contribution in [2.45, 2.75) is 20.3 Å². The van der Waals surface area contributed by atoms with Crippen LogP contribution >= 0.6 is 11.3 Å². The van der Waals surface area contributed by atoms with Gasteiger partial charge < -0.3 is 4.74 Å². The monoisotopic (exact) mass is 534 g/mol. The lowest BCUT2D eigenvalue weighted by Crippen LogP contribution is -2.23. The molecule has 0 amide bonds. The summed E-state index contributed by atoms with van der Waals surface area (Å²) in [5.74, 6) is 1.91. The highest BCUT2D eigenvalue weighted by Crippen LogP contribution is 2.27. The minimum atomic E-state index is -0.213. The Kier molecular flexibility index (Phi) is 6.73. The average molecular weight is 535 g/mol. The Balaban J connectivity index is 1.39. The summed E-state index contributed by atoms with van der Waals surface area (Å²) in [6.07, 6.45) is 8.17. The van der Waals surface area contributed by atoms with Crippen LogP contribution in [0.15, 0.2) is 90.1 Å². The third-order valence-electron chi connectivity index (χ3n) is 6.26. The van der Waals surface area contributed by atoms with Crippen LogP contribution in [0.5, 0.6) is 5.75 Å². The highest BCUT2D eigenvalue weighted by molar-refractivity contribution is 7.15. The van der Waals surface area contributed by atoms with E-state index >= 15 is 0 Å². The molecule has 4 heterocycles. The first-order valence-corrected chi connectivity index (χ1v) is 13.6. The Morgan fingerprint density at radius 2 is 1.72 bits per heavy atom. The Morgan fingerprint density at radius 3 is 2.44 bits per heavy atom. The van der Waals surface area contributed by atoms with E-state index in [9.17, 15) is 4.79 Å². The van der Waals surface area contributed by atoms with Crippen LogP contribution in [0.4, 0.5) is 0 Å². The molecule has 0 saturated carbocycles. The highest BCUT2D eigenvalue weighted by Gasteiger charge is 2.15. The first-order chi connectivity index (χ1) is 19.0. The SMILES string of the molecule is CC(C)CCOc1ccc(-c2nn(-c3ccccc3)cc2/C=c2/sc3nc(-c4ccncc4)nn3c2=O)cc1. The normalized spacial score (nSPS) is 12.0. The lowest BCUT2D eigenvalue weighted by Gasteiger charge is -2.08. The number of thiazole rings is 1. The molecule has 0 N–H and O–H groups in total. The van der Waals surface area contributed by atoms with Gasteiger partial charge in [0.25, 0.3) is 5.56 Å². The summed E-state index contributed by atoms with van der Waals surface area (Å²) in [7, 11) is 0.